The van der Waals surface area contributed by atoms with Gasteiger partial charge in [-0.15, -0.1) is 0 Å². The van der Waals surface area contributed by atoms with E-state index in [-0.39, 0.29) is 12.2 Å². The molecule has 35 heavy (non-hydrogen) atoms. The molecule has 0 atom stereocenters. The summed E-state index contributed by atoms with van der Waals surface area (Å²) in [6.07, 6.45) is -4.10. The van der Waals surface area contributed by atoms with Crippen LogP contribution in [0.1, 0.15) is 34.1 Å². The highest BCUT2D eigenvalue weighted by Gasteiger charge is 2.41. The molecular weight excluding hydrogens is 462 g/mol. The number of benzene rings is 2. The van der Waals surface area contributed by atoms with Crippen LogP contribution in [-0.2, 0) is 19.3 Å². The van der Waals surface area contributed by atoms with Crippen LogP contribution in [0.25, 0.3) is 5.69 Å². The summed E-state index contributed by atoms with van der Waals surface area (Å²) in [5.41, 5.74) is -0.476. The first-order chi connectivity index (χ1) is 16.8. The van der Waals surface area contributed by atoms with Crippen molar-refractivity contribution in [2.24, 2.45) is 0 Å². The second-order valence-corrected chi connectivity index (χ2v) is 8.48. The van der Waals surface area contributed by atoms with Crippen molar-refractivity contribution < 1.29 is 22.4 Å². The van der Waals surface area contributed by atoms with Crippen LogP contribution in [0.15, 0.2) is 54.7 Å². The third-order valence-electron chi connectivity index (χ3n) is 6.16. The second kappa shape index (κ2) is 10.6. The lowest BCUT2D eigenvalue weighted by atomic mass is 10.1. The van der Waals surface area contributed by atoms with Gasteiger partial charge in [0.15, 0.2) is 5.69 Å². The summed E-state index contributed by atoms with van der Waals surface area (Å²) in [6.45, 7) is 8.21. The summed E-state index contributed by atoms with van der Waals surface area (Å²) in [6, 6.07) is 12.6. The van der Waals surface area contributed by atoms with Gasteiger partial charge in [-0.25, -0.2) is 9.07 Å². The number of halogens is 4. The van der Waals surface area contributed by atoms with Crippen LogP contribution in [-0.4, -0.2) is 58.2 Å². The molecule has 1 aromatic heterocycles. The predicted molar refractivity (Wildman–Crippen MR) is 124 cm³/mol. The minimum absolute atomic E-state index is 0.0520. The SMILES string of the molecule is CCN1CCN(Cc2ccc(CNC(=O)c3cnn(-c4ccccc4F)c3C(F)(F)F)cc2)CC1. The molecule has 0 unspecified atom stereocenters. The predicted octanol–water partition coefficient (Wildman–Crippen LogP) is 4.10. The molecule has 186 valence electrons. The minimum atomic E-state index is -4.91. The van der Waals surface area contributed by atoms with Crippen molar-refractivity contribution in [2.75, 3.05) is 32.7 Å². The van der Waals surface area contributed by atoms with Gasteiger partial charge in [-0.3, -0.25) is 9.69 Å². The highest BCUT2D eigenvalue weighted by molar-refractivity contribution is 5.95. The molecule has 1 fully saturated rings. The van der Waals surface area contributed by atoms with Crippen LogP contribution in [0.2, 0.25) is 0 Å². The lowest BCUT2D eigenvalue weighted by molar-refractivity contribution is -0.143. The van der Waals surface area contributed by atoms with E-state index in [0.29, 0.717) is 4.68 Å². The molecule has 0 saturated carbocycles. The van der Waals surface area contributed by atoms with E-state index in [1.165, 1.54) is 18.2 Å². The molecule has 0 aliphatic carbocycles. The van der Waals surface area contributed by atoms with Crippen LogP contribution in [0, 0.1) is 5.82 Å². The summed E-state index contributed by atoms with van der Waals surface area (Å²) in [5, 5.41) is 6.17. The molecule has 1 N–H and O–H groups in total. The average molecular weight is 490 g/mol. The van der Waals surface area contributed by atoms with Crippen LogP contribution in [0.5, 0.6) is 0 Å². The Kier molecular flexibility index (Phi) is 7.51. The zero-order valence-electron chi connectivity index (χ0n) is 19.4. The lowest BCUT2D eigenvalue weighted by Gasteiger charge is -2.34. The quantitative estimate of drug-likeness (QED) is 0.508. The van der Waals surface area contributed by atoms with E-state index in [9.17, 15) is 22.4 Å². The first kappa shape index (κ1) is 24.9. The van der Waals surface area contributed by atoms with Crippen LogP contribution >= 0.6 is 0 Å². The second-order valence-electron chi connectivity index (χ2n) is 8.48. The number of carbonyl (C=O) groups is 1. The highest BCUT2D eigenvalue weighted by atomic mass is 19.4. The number of alkyl halides is 3. The maximum atomic E-state index is 14.1. The summed E-state index contributed by atoms with van der Waals surface area (Å²) in [7, 11) is 0. The molecule has 0 spiro atoms. The van der Waals surface area contributed by atoms with Crippen molar-refractivity contribution in [3.05, 3.63) is 82.9 Å². The van der Waals surface area contributed by atoms with Gasteiger partial charge in [0, 0.05) is 39.3 Å². The van der Waals surface area contributed by atoms with Crippen LogP contribution in [0.4, 0.5) is 17.6 Å². The third kappa shape index (κ3) is 5.88. The van der Waals surface area contributed by atoms with Gasteiger partial charge in [0.25, 0.3) is 5.91 Å². The van der Waals surface area contributed by atoms with E-state index in [1.807, 2.05) is 24.3 Å². The fourth-order valence-corrected chi connectivity index (χ4v) is 4.16. The first-order valence-electron chi connectivity index (χ1n) is 11.5. The molecule has 3 aromatic rings. The van der Waals surface area contributed by atoms with Crippen molar-refractivity contribution in [2.45, 2.75) is 26.2 Å². The number of nitrogens with one attached hydrogen (secondary N) is 1. The number of nitrogens with zero attached hydrogens (tertiary/aromatic N) is 4. The number of rotatable bonds is 7. The molecule has 1 aliphatic heterocycles. The van der Waals surface area contributed by atoms with E-state index < -0.39 is 29.2 Å². The van der Waals surface area contributed by atoms with Gasteiger partial charge in [-0.2, -0.15) is 18.3 Å². The fourth-order valence-electron chi connectivity index (χ4n) is 4.16. The minimum Gasteiger partial charge on any atom is -0.348 e. The van der Waals surface area contributed by atoms with E-state index in [0.717, 1.165) is 62.7 Å². The molecule has 4 rings (SSSR count). The Labute approximate surface area is 201 Å². The highest BCUT2D eigenvalue weighted by Crippen LogP contribution is 2.34. The Bertz CT molecular complexity index is 1150. The van der Waals surface area contributed by atoms with Crippen molar-refractivity contribution >= 4 is 5.91 Å². The largest absolute Gasteiger partial charge is 0.434 e. The lowest BCUT2D eigenvalue weighted by Crippen LogP contribution is -2.45. The Hall–Kier alpha value is -3.24. The number of para-hydroxylation sites is 1. The van der Waals surface area contributed by atoms with Gasteiger partial charge in [-0.1, -0.05) is 43.3 Å². The molecular formula is C25H27F4N5O. The number of hydrogen-bond acceptors (Lipinski definition) is 4. The van der Waals surface area contributed by atoms with Gasteiger partial charge in [-0.05, 0) is 29.8 Å². The number of piperazine rings is 1. The maximum absolute atomic E-state index is 14.1. The molecule has 10 heteroatoms. The van der Waals surface area contributed by atoms with Crippen molar-refractivity contribution in [1.82, 2.24) is 24.9 Å². The van der Waals surface area contributed by atoms with Crippen molar-refractivity contribution in [3.63, 3.8) is 0 Å². The van der Waals surface area contributed by atoms with E-state index in [4.69, 9.17) is 0 Å². The molecule has 6 nitrogen and oxygen atoms in total. The smallest absolute Gasteiger partial charge is 0.348 e. The number of amides is 1. The fraction of sp³-hybridized carbons (Fsp3) is 0.360. The maximum Gasteiger partial charge on any atom is 0.434 e. The van der Waals surface area contributed by atoms with Crippen LogP contribution in [0.3, 0.4) is 0 Å². The Morgan fingerprint density at radius 3 is 2.23 bits per heavy atom. The number of aromatic nitrogens is 2. The summed E-state index contributed by atoms with van der Waals surface area (Å²) in [5.74, 6) is -1.81. The van der Waals surface area contributed by atoms with Crippen LogP contribution < -0.4 is 5.32 Å². The first-order valence-corrected chi connectivity index (χ1v) is 11.5. The van der Waals surface area contributed by atoms with Crippen molar-refractivity contribution in [3.8, 4) is 5.69 Å². The molecule has 1 saturated heterocycles. The normalized spacial score (nSPS) is 15.3. The van der Waals surface area contributed by atoms with Gasteiger partial charge < -0.3 is 10.2 Å². The standard InChI is InChI=1S/C25H27F4N5O/c1-2-32-11-13-33(14-12-32)17-19-9-7-18(8-10-19)15-30-24(35)20-16-31-34(23(20)25(27,28)29)22-6-4-3-5-21(22)26/h3-10,16H,2,11-15,17H2,1H3,(H,30,35). The molecule has 1 aliphatic rings. The summed E-state index contributed by atoms with van der Waals surface area (Å²) < 4.78 is 55.9. The van der Waals surface area contributed by atoms with Gasteiger partial charge in [0.05, 0.1) is 11.8 Å². The third-order valence-corrected chi connectivity index (χ3v) is 6.16. The topological polar surface area (TPSA) is 53.4 Å². The Balaban J connectivity index is 1.41. The van der Waals surface area contributed by atoms with Crippen molar-refractivity contribution in [1.29, 1.82) is 0 Å². The molecule has 0 radical (unpaired) electrons. The summed E-state index contributed by atoms with van der Waals surface area (Å²) >= 11 is 0. The van der Waals surface area contributed by atoms with Gasteiger partial charge in [0.1, 0.15) is 11.5 Å². The van der Waals surface area contributed by atoms with E-state index >= 15 is 0 Å². The summed E-state index contributed by atoms with van der Waals surface area (Å²) in [4.78, 5) is 17.4. The Morgan fingerprint density at radius 2 is 1.60 bits per heavy atom. The zero-order chi connectivity index (χ0) is 25.0. The Morgan fingerprint density at radius 1 is 0.971 bits per heavy atom. The zero-order valence-corrected chi connectivity index (χ0v) is 19.4. The van der Waals surface area contributed by atoms with Gasteiger partial charge >= 0.3 is 6.18 Å². The monoisotopic (exact) mass is 489 g/mol. The molecule has 2 heterocycles. The van der Waals surface area contributed by atoms with E-state index in [1.54, 1.807) is 0 Å². The van der Waals surface area contributed by atoms with E-state index in [2.05, 4.69) is 27.1 Å². The molecule has 0 bridgehead atoms. The number of carbonyl (C=O) groups excluding carboxylic acids is 1. The average Bonchev–Trinajstić information content (AvgIpc) is 3.30. The number of likely N-dealkylation sites (N-methyl/N-ethyl adjacent to an activating group) is 1. The number of hydrogen-bond donors (Lipinski definition) is 1. The molecule has 1 amide bonds. The molecule has 2 aromatic carbocycles. The van der Waals surface area contributed by atoms with Gasteiger partial charge in [0.2, 0.25) is 0 Å².